The van der Waals surface area contributed by atoms with E-state index < -0.39 is 0 Å². The summed E-state index contributed by atoms with van der Waals surface area (Å²) in [5.74, 6) is 1.39. The van der Waals surface area contributed by atoms with Gasteiger partial charge in [-0.3, -0.25) is 4.79 Å². The van der Waals surface area contributed by atoms with Crippen molar-refractivity contribution < 1.29 is 4.79 Å². The van der Waals surface area contributed by atoms with Crippen molar-refractivity contribution in [1.29, 1.82) is 0 Å². The van der Waals surface area contributed by atoms with Crippen LogP contribution in [0.2, 0.25) is 0 Å². The van der Waals surface area contributed by atoms with Gasteiger partial charge < -0.3 is 10.2 Å². The molecule has 5 nitrogen and oxygen atoms in total. The first kappa shape index (κ1) is 11.8. The summed E-state index contributed by atoms with van der Waals surface area (Å²) in [6, 6.07) is 3.49. The van der Waals surface area contributed by atoms with Crippen LogP contribution in [0.1, 0.15) is 30.3 Å². The molecule has 0 aromatic carbocycles. The van der Waals surface area contributed by atoms with E-state index in [1.54, 1.807) is 19.2 Å². The Balaban J connectivity index is 2.03. The molecule has 1 aliphatic heterocycles. The zero-order valence-electron chi connectivity index (χ0n) is 10.3. The Morgan fingerprint density at radius 3 is 2.59 bits per heavy atom. The van der Waals surface area contributed by atoms with Crippen molar-refractivity contribution >= 4 is 11.7 Å². The molecule has 0 atom stereocenters. The summed E-state index contributed by atoms with van der Waals surface area (Å²) in [4.78, 5) is 14.0. The van der Waals surface area contributed by atoms with Crippen LogP contribution in [0.3, 0.4) is 0 Å². The van der Waals surface area contributed by atoms with Gasteiger partial charge in [-0.25, -0.2) is 0 Å². The fourth-order valence-corrected chi connectivity index (χ4v) is 1.95. The molecule has 1 N–H and O–H groups in total. The number of carbonyl (C=O) groups excluding carboxylic acids is 1. The van der Waals surface area contributed by atoms with Crippen molar-refractivity contribution in [3.8, 4) is 0 Å². The predicted octanol–water partition coefficient (Wildman–Crippen LogP) is 1.39. The van der Waals surface area contributed by atoms with Crippen LogP contribution >= 0.6 is 0 Å². The standard InChI is InChI=1S/C12H18N4O/c1-9-5-7-16(8-6-9)12(17)10-3-4-11(13-2)15-14-10/h3-4,9H,5-8H2,1-2H3,(H,13,15). The van der Waals surface area contributed by atoms with Crippen LogP contribution < -0.4 is 5.32 Å². The van der Waals surface area contributed by atoms with Crippen molar-refractivity contribution in [2.24, 2.45) is 5.92 Å². The van der Waals surface area contributed by atoms with E-state index in [0.717, 1.165) is 31.8 Å². The highest BCUT2D eigenvalue weighted by molar-refractivity contribution is 5.92. The number of carbonyl (C=O) groups is 1. The third-order valence-electron chi connectivity index (χ3n) is 3.21. The SMILES string of the molecule is CNc1ccc(C(=O)N2CCC(C)CC2)nn1. The molecular weight excluding hydrogens is 216 g/mol. The van der Waals surface area contributed by atoms with Crippen molar-refractivity contribution in [1.82, 2.24) is 15.1 Å². The lowest BCUT2D eigenvalue weighted by Crippen LogP contribution is -2.38. The second-order valence-corrected chi connectivity index (χ2v) is 4.53. The van der Waals surface area contributed by atoms with Crippen molar-refractivity contribution in [3.05, 3.63) is 17.8 Å². The first-order chi connectivity index (χ1) is 8.20. The summed E-state index contributed by atoms with van der Waals surface area (Å²) in [5.41, 5.74) is 0.429. The summed E-state index contributed by atoms with van der Waals surface area (Å²) >= 11 is 0. The van der Waals surface area contributed by atoms with Gasteiger partial charge in [-0.05, 0) is 30.9 Å². The minimum atomic E-state index is -0.00736. The van der Waals surface area contributed by atoms with E-state index in [1.165, 1.54) is 0 Å². The van der Waals surface area contributed by atoms with E-state index in [0.29, 0.717) is 11.5 Å². The predicted molar refractivity (Wildman–Crippen MR) is 65.9 cm³/mol. The highest BCUT2D eigenvalue weighted by atomic mass is 16.2. The minimum absolute atomic E-state index is 0.00736. The summed E-state index contributed by atoms with van der Waals surface area (Å²) in [6.07, 6.45) is 2.15. The molecule has 1 saturated heterocycles. The molecule has 92 valence electrons. The largest absolute Gasteiger partial charge is 0.372 e. The molecule has 1 aromatic rings. The van der Waals surface area contributed by atoms with Crippen LogP contribution in [-0.2, 0) is 0 Å². The smallest absolute Gasteiger partial charge is 0.274 e. The molecule has 0 bridgehead atoms. The second kappa shape index (κ2) is 5.12. The van der Waals surface area contributed by atoms with Crippen LogP contribution in [-0.4, -0.2) is 41.1 Å². The van der Waals surface area contributed by atoms with Gasteiger partial charge in [0.1, 0.15) is 5.82 Å². The third-order valence-corrected chi connectivity index (χ3v) is 3.21. The fourth-order valence-electron chi connectivity index (χ4n) is 1.95. The molecule has 0 saturated carbocycles. The Hall–Kier alpha value is -1.65. The van der Waals surface area contributed by atoms with Crippen molar-refractivity contribution in [3.63, 3.8) is 0 Å². The van der Waals surface area contributed by atoms with Gasteiger partial charge in [-0.15, -0.1) is 10.2 Å². The minimum Gasteiger partial charge on any atom is -0.372 e. The van der Waals surface area contributed by atoms with Gasteiger partial charge in [-0.2, -0.15) is 0 Å². The number of hydrogen-bond acceptors (Lipinski definition) is 4. The molecule has 5 heteroatoms. The highest BCUT2D eigenvalue weighted by Gasteiger charge is 2.22. The quantitative estimate of drug-likeness (QED) is 0.840. The highest BCUT2D eigenvalue weighted by Crippen LogP contribution is 2.17. The Morgan fingerprint density at radius 1 is 1.35 bits per heavy atom. The second-order valence-electron chi connectivity index (χ2n) is 4.53. The van der Waals surface area contributed by atoms with E-state index in [4.69, 9.17) is 0 Å². The zero-order chi connectivity index (χ0) is 12.3. The van der Waals surface area contributed by atoms with Crippen LogP contribution in [0.25, 0.3) is 0 Å². The zero-order valence-corrected chi connectivity index (χ0v) is 10.3. The van der Waals surface area contributed by atoms with Crippen LogP contribution in [0, 0.1) is 5.92 Å². The summed E-state index contributed by atoms with van der Waals surface area (Å²) in [7, 11) is 1.78. The Morgan fingerprint density at radius 2 is 2.06 bits per heavy atom. The van der Waals surface area contributed by atoms with E-state index in [1.807, 2.05) is 4.90 Å². The summed E-state index contributed by atoms with van der Waals surface area (Å²) < 4.78 is 0. The van der Waals surface area contributed by atoms with Gasteiger partial charge in [0.2, 0.25) is 0 Å². The first-order valence-electron chi connectivity index (χ1n) is 6.01. The monoisotopic (exact) mass is 234 g/mol. The van der Waals surface area contributed by atoms with E-state index in [9.17, 15) is 4.79 Å². The summed E-state index contributed by atoms with van der Waals surface area (Å²) in [6.45, 7) is 3.88. The lowest BCUT2D eigenvalue weighted by molar-refractivity contribution is 0.0690. The molecule has 0 radical (unpaired) electrons. The number of likely N-dealkylation sites (tertiary alicyclic amines) is 1. The van der Waals surface area contributed by atoms with Crippen LogP contribution in [0.5, 0.6) is 0 Å². The van der Waals surface area contributed by atoms with Crippen LogP contribution in [0.4, 0.5) is 5.82 Å². The number of aromatic nitrogens is 2. The van der Waals surface area contributed by atoms with Crippen molar-refractivity contribution in [2.75, 3.05) is 25.5 Å². The topological polar surface area (TPSA) is 58.1 Å². The average molecular weight is 234 g/mol. The van der Waals surface area contributed by atoms with Crippen LogP contribution in [0.15, 0.2) is 12.1 Å². The maximum absolute atomic E-state index is 12.1. The molecule has 0 unspecified atom stereocenters. The number of rotatable bonds is 2. The molecule has 1 aromatic heterocycles. The van der Waals surface area contributed by atoms with Gasteiger partial charge in [0.05, 0.1) is 0 Å². The first-order valence-corrected chi connectivity index (χ1v) is 6.01. The third kappa shape index (κ3) is 2.72. The Bertz CT molecular complexity index is 382. The van der Waals surface area contributed by atoms with Crippen molar-refractivity contribution in [2.45, 2.75) is 19.8 Å². The molecule has 0 aliphatic carbocycles. The van der Waals surface area contributed by atoms with E-state index in [2.05, 4.69) is 22.4 Å². The van der Waals surface area contributed by atoms with Gasteiger partial charge >= 0.3 is 0 Å². The van der Waals surface area contributed by atoms with Gasteiger partial charge in [0, 0.05) is 20.1 Å². The van der Waals surface area contributed by atoms with E-state index >= 15 is 0 Å². The normalized spacial score (nSPS) is 16.9. The summed E-state index contributed by atoms with van der Waals surface area (Å²) in [5, 5.41) is 10.7. The average Bonchev–Trinajstić information content (AvgIpc) is 2.39. The Kier molecular flexibility index (Phi) is 3.56. The number of nitrogens with one attached hydrogen (secondary N) is 1. The lowest BCUT2D eigenvalue weighted by atomic mass is 9.99. The molecule has 17 heavy (non-hydrogen) atoms. The van der Waals surface area contributed by atoms with Gasteiger partial charge in [0.15, 0.2) is 5.69 Å². The molecule has 1 fully saturated rings. The number of piperidine rings is 1. The number of nitrogens with zero attached hydrogens (tertiary/aromatic N) is 3. The molecule has 0 spiro atoms. The maximum Gasteiger partial charge on any atom is 0.274 e. The number of amides is 1. The number of anilines is 1. The van der Waals surface area contributed by atoms with Gasteiger partial charge in [0.25, 0.3) is 5.91 Å². The van der Waals surface area contributed by atoms with E-state index in [-0.39, 0.29) is 5.91 Å². The molecule has 1 aliphatic rings. The fraction of sp³-hybridized carbons (Fsp3) is 0.583. The maximum atomic E-state index is 12.1. The molecule has 1 amide bonds. The number of hydrogen-bond donors (Lipinski definition) is 1. The molecule has 2 heterocycles. The lowest BCUT2D eigenvalue weighted by Gasteiger charge is -2.29. The van der Waals surface area contributed by atoms with Gasteiger partial charge in [-0.1, -0.05) is 6.92 Å². The molecular formula is C12H18N4O. The Labute approximate surface area is 101 Å². The molecule has 2 rings (SSSR count).